The zero-order valence-electron chi connectivity index (χ0n) is 15.7. The maximum atomic E-state index is 12.4. The lowest BCUT2D eigenvalue weighted by atomic mass is 9.91. The summed E-state index contributed by atoms with van der Waals surface area (Å²) in [6.45, 7) is 7.59. The largest absolute Gasteiger partial charge is 0.359 e. The first-order valence-corrected chi connectivity index (χ1v) is 10.9. The smallest absolute Gasteiger partial charge is 0.229 e. The van der Waals surface area contributed by atoms with Crippen LogP contribution in [0.3, 0.4) is 0 Å². The quantitative estimate of drug-likeness (QED) is 0.827. The maximum Gasteiger partial charge on any atom is 0.229 e. The van der Waals surface area contributed by atoms with Gasteiger partial charge in [-0.1, -0.05) is 52.1 Å². The number of carbonyl (C=O) groups excluding carboxylic acids is 1. The monoisotopic (exact) mass is 370 g/mol. The summed E-state index contributed by atoms with van der Waals surface area (Å²) in [4.78, 5) is 12.3. The predicted octanol–water partition coefficient (Wildman–Crippen LogP) is 3.54. The summed E-state index contributed by atoms with van der Waals surface area (Å²) in [5, 5.41) is 6.49. The van der Waals surface area contributed by atoms with Gasteiger partial charge in [-0.05, 0) is 18.8 Å². The fraction of sp³-hybridized carbons (Fsp3) is 0.778. The van der Waals surface area contributed by atoms with Gasteiger partial charge in [0.1, 0.15) is 5.76 Å². The average molecular weight is 371 g/mol. The summed E-state index contributed by atoms with van der Waals surface area (Å²) >= 11 is 0. The van der Waals surface area contributed by atoms with Gasteiger partial charge in [0, 0.05) is 17.4 Å². The molecule has 0 saturated heterocycles. The van der Waals surface area contributed by atoms with Crippen molar-refractivity contribution in [3.8, 4) is 0 Å². The van der Waals surface area contributed by atoms with Crippen LogP contribution in [-0.2, 0) is 20.0 Å². The Morgan fingerprint density at radius 1 is 1.32 bits per heavy atom. The topological polar surface area (TPSA) is 89.3 Å². The SMILES string of the molecule is CC(CS(=O)(=O)CC1CCCCC1)C(=O)Nc1cc(C(C)(C)C)on1. The Morgan fingerprint density at radius 2 is 1.96 bits per heavy atom. The molecule has 1 atom stereocenters. The van der Waals surface area contributed by atoms with Gasteiger partial charge in [0.15, 0.2) is 15.7 Å². The third-order valence-electron chi connectivity index (χ3n) is 4.67. The highest BCUT2D eigenvalue weighted by Crippen LogP contribution is 2.26. The van der Waals surface area contributed by atoms with Gasteiger partial charge in [0.25, 0.3) is 0 Å². The van der Waals surface area contributed by atoms with Crippen molar-refractivity contribution in [2.75, 3.05) is 16.8 Å². The first-order valence-electron chi connectivity index (χ1n) is 9.05. The Balaban J connectivity index is 1.89. The molecule has 6 nitrogen and oxygen atoms in total. The number of hydrogen-bond donors (Lipinski definition) is 1. The van der Waals surface area contributed by atoms with Gasteiger partial charge in [-0.15, -0.1) is 0 Å². The molecule has 2 rings (SSSR count). The minimum absolute atomic E-state index is 0.126. The van der Waals surface area contributed by atoms with Gasteiger partial charge in [-0.2, -0.15) is 0 Å². The number of aromatic nitrogens is 1. The number of hydrogen-bond acceptors (Lipinski definition) is 5. The van der Waals surface area contributed by atoms with Crippen LogP contribution in [0.5, 0.6) is 0 Å². The van der Waals surface area contributed by atoms with Crippen LogP contribution in [0.4, 0.5) is 5.82 Å². The van der Waals surface area contributed by atoms with Gasteiger partial charge in [-0.25, -0.2) is 8.42 Å². The number of nitrogens with zero attached hydrogens (tertiary/aromatic N) is 1. The summed E-state index contributed by atoms with van der Waals surface area (Å²) in [6.07, 6.45) is 5.38. The lowest BCUT2D eigenvalue weighted by molar-refractivity contribution is -0.118. The zero-order chi connectivity index (χ0) is 18.7. The van der Waals surface area contributed by atoms with Crippen LogP contribution in [0.1, 0.15) is 65.6 Å². The lowest BCUT2D eigenvalue weighted by Crippen LogP contribution is -2.30. The van der Waals surface area contributed by atoms with Crippen molar-refractivity contribution in [2.45, 2.75) is 65.2 Å². The van der Waals surface area contributed by atoms with Crippen LogP contribution >= 0.6 is 0 Å². The third kappa shape index (κ3) is 6.13. The van der Waals surface area contributed by atoms with Gasteiger partial charge in [0.2, 0.25) is 5.91 Å². The van der Waals surface area contributed by atoms with E-state index in [1.807, 2.05) is 20.8 Å². The second kappa shape index (κ2) is 7.89. The summed E-state index contributed by atoms with van der Waals surface area (Å²) < 4.78 is 30.0. The molecule has 142 valence electrons. The van der Waals surface area contributed by atoms with Crippen LogP contribution in [-0.4, -0.2) is 31.0 Å². The molecule has 1 heterocycles. The minimum atomic E-state index is -3.24. The van der Waals surface area contributed by atoms with Crippen molar-refractivity contribution in [1.82, 2.24) is 5.16 Å². The van der Waals surface area contributed by atoms with E-state index in [0.717, 1.165) is 25.7 Å². The van der Waals surface area contributed by atoms with Crippen molar-refractivity contribution in [1.29, 1.82) is 0 Å². The molecule has 0 aliphatic heterocycles. The van der Waals surface area contributed by atoms with Crippen molar-refractivity contribution >= 4 is 21.6 Å². The molecule has 1 aliphatic rings. The molecule has 7 heteroatoms. The molecule has 1 aromatic heterocycles. The van der Waals surface area contributed by atoms with Crippen LogP contribution < -0.4 is 5.32 Å². The zero-order valence-corrected chi connectivity index (χ0v) is 16.5. The number of sulfone groups is 1. The molecule has 1 aliphatic carbocycles. The Morgan fingerprint density at radius 3 is 2.52 bits per heavy atom. The normalized spacial score (nSPS) is 18.1. The number of amides is 1. The van der Waals surface area contributed by atoms with Crippen LogP contribution in [0, 0.1) is 11.8 Å². The number of anilines is 1. The van der Waals surface area contributed by atoms with Gasteiger partial charge < -0.3 is 9.84 Å². The molecule has 1 unspecified atom stereocenters. The van der Waals surface area contributed by atoms with Gasteiger partial charge >= 0.3 is 0 Å². The minimum Gasteiger partial charge on any atom is -0.359 e. The van der Waals surface area contributed by atoms with Gasteiger partial charge in [-0.3, -0.25) is 4.79 Å². The van der Waals surface area contributed by atoms with E-state index in [-0.39, 0.29) is 28.7 Å². The van der Waals surface area contributed by atoms with Crippen molar-refractivity contribution in [2.24, 2.45) is 11.8 Å². The molecular formula is C18H30N2O4S. The summed E-state index contributed by atoms with van der Waals surface area (Å²) in [7, 11) is -3.24. The molecule has 1 saturated carbocycles. The molecule has 1 amide bonds. The molecule has 0 bridgehead atoms. The van der Waals surface area contributed by atoms with Gasteiger partial charge in [0.05, 0.1) is 11.5 Å². The van der Waals surface area contributed by atoms with E-state index < -0.39 is 15.8 Å². The van der Waals surface area contributed by atoms with Crippen LogP contribution in [0.2, 0.25) is 0 Å². The number of carbonyl (C=O) groups is 1. The van der Waals surface area contributed by atoms with E-state index in [4.69, 9.17) is 4.52 Å². The second-order valence-corrected chi connectivity index (χ2v) is 10.5. The van der Waals surface area contributed by atoms with Crippen LogP contribution in [0.15, 0.2) is 10.6 Å². The fourth-order valence-corrected chi connectivity index (χ4v) is 5.28. The van der Waals surface area contributed by atoms with E-state index in [2.05, 4.69) is 10.5 Å². The highest BCUT2D eigenvalue weighted by atomic mass is 32.2. The maximum absolute atomic E-state index is 12.4. The summed E-state index contributed by atoms with van der Waals surface area (Å²) in [5.41, 5.74) is -0.203. The first-order chi connectivity index (χ1) is 11.6. The van der Waals surface area contributed by atoms with E-state index in [1.165, 1.54) is 6.42 Å². The Hall–Kier alpha value is -1.37. The van der Waals surface area contributed by atoms with Crippen LogP contribution in [0.25, 0.3) is 0 Å². The molecule has 1 N–H and O–H groups in total. The van der Waals surface area contributed by atoms with Crippen molar-refractivity contribution in [3.63, 3.8) is 0 Å². The Bertz CT molecular complexity index is 682. The molecule has 0 spiro atoms. The molecule has 1 aromatic rings. The standard InChI is InChI=1S/C18H30N2O4S/c1-13(11-25(22,23)12-14-8-6-5-7-9-14)17(21)19-16-10-15(24-20-16)18(2,3)4/h10,13-14H,5-9,11-12H2,1-4H3,(H,19,20,21). The fourth-order valence-electron chi connectivity index (χ4n) is 3.17. The van der Waals surface area contributed by atoms with E-state index in [9.17, 15) is 13.2 Å². The van der Waals surface area contributed by atoms with Crippen molar-refractivity contribution < 1.29 is 17.7 Å². The van der Waals surface area contributed by atoms with E-state index in [1.54, 1.807) is 13.0 Å². The second-order valence-electron chi connectivity index (χ2n) is 8.30. The molecular weight excluding hydrogens is 340 g/mol. The lowest BCUT2D eigenvalue weighted by Gasteiger charge is -2.22. The average Bonchev–Trinajstić information content (AvgIpc) is 2.95. The molecule has 25 heavy (non-hydrogen) atoms. The highest BCUT2D eigenvalue weighted by Gasteiger charge is 2.27. The third-order valence-corrected chi connectivity index (χ3v) is 6.65. The number of nitrogens with one attached hydrogen (secondary N) is 1. The first kappa shape index (κ1) is 19.9. The van der Waals surface area contributed by atoms with E-state index >= 15 is 0 Å². The van der Waals surface area contributed by atoms with E-state index in [0.29, 0.717) is 11.6 Å². The Kier molecular flexibility index (Phi) is 6.30. The summed E-state index contributed by atoms with van der Waals surface area (Å²) in [5.74, 6) is 0.345. The molecule has 0 aromatic carbocycles. The highest BCUT2D eigenvalue weighted by molar-refractivity contribution is 7.91. The summed E-state index contributed by atoms with van der Waals surface area (Å²) in [6, 6.07) is 1.68. The molecule has 0 radical (unpaired) electrons. The Labute approximate surface area is 150 Å². The molecule has 1 fully saturated rings. The number of rotatable bonds is 6. The van der Waals surface area contributed by atoms with Crippen molar-refractivity contribution in [3.05, 3.63) is 11.8 Å². The predicted molar refractivity (Wildman–Crippen MR) is 98.2 cm³/mol.